The van der Waals surface area contributed by atoms with Gasteiger partial charge in [-0.3, -0.25) is 4.79 Å². The van der Waals surface area contributed by atoms with Crippen LogP contribution in [0.2, 0.25) is 0 Å². The number of rotatable bonds is 8. The van der Waals surface area contributed by atoms with Crippen LogP contribution in [0.4, 0.5) is 0 Å². The number of amides is 1. The van der Waals surface area contributed by atoms with Crippen molar-refractivity contribution in [1.29, 1.82) is 0 Å². The number of carbonyl (C=O) groups excluding carboxylic acids is 1. The van der Waals surface area contributed by atoms with Gasteiger partial charge in [0.15, 0.2) is 0 Å². The highest BCUT2D eigenvalue weighted by atomic mass is 16.5. The maximum atomic E-state index is 12.7. The minimum Gasteiger partial charge on any atom is -0.497 e. The number of hydrogen-bond donors (Lipinski definition) is 2. The molecule has 0 atom stereocenters. The summed E-state index contributed by atoms with van der Waals surface area (Å²) in [6, 6.07) is 5.35. The van der Waals surface area contributed by atoms with E-state index < -0.39 is 0 Å². The fourth-order valence-corrected chi connectivity index (χ4v) is 2.90. The van der Waals surface area contributed by atoms with Gasteiger partial charge in [0.1, 0.15) is 11.5 Å². The van der Waals surface area contributed by atoms with E-state index in [0.717, 1.165) is 19.3 Å². The number of methoxy groups -OCH3 is 1. The molecular formula is C17H24N2O3. The molecule has 5 nitrogen and oxygen atoms in total. The Hall–Kier alpha value is -1.75. The summed E-state index contributed by atoms with van der Waals surface area (Å²) in [4.78, 5) is 12.7. The third-order valence-corrected chi connectivity index (χ3v) is 4.55. The van der Waals surface area contributed by atoms with Gasteiger partial charge in [0.2, 0.25) is 0 Å². The van der Waals surface area contributed by atoms with E-state index in [9.17, 15) is 4.79 Å². The first kappa shape index (κ1) is 15.2. The van der Waals surface area contributed by atoms with Crippen LogP contribution >= 0.6 is 0 Å². The lowest BCUT2D eigenvalue weighted by Gasteiger charge is -2.18. The number of ether oxygens (including phenoxy) is 2. The van der Waals surface area contributed by atoms with Gasteiger partial charge in [-0.15, -0.1) is 0 Å². The van der Waals surface area contributed by atoms with E-state index >= 15 is 0 Å². The van der Waals surface area contributed by atoms with E-state index in [2.05, 4.69) is 5.32 Å². The van der Waals surface area contributed by atoms with Crippen LogP contribution in [-0.2, 0) is 0 Å². The third-order valence-electron chi connectivity index (χ3n) is 4.55. The second-order valence-corrected chi connectivity index (χ2v) is 6.24. The van der Waals surface area contributed by atoms with E-state index in [0.29, 0.717) is 36.1 Å². The minimum absolute atomic E-state index is 0.0503. The summed E-state index contributed by atoms with van der Waals surface area (Å²) in [5.41, 5.74) is 6.08. The van der Waals surface area contributed by atoms with Crippen LogP contribution in [0.25, 0.3) is 0 Å². The molecule has 0 radical (unpaired) electrons. The van der Waals surface area contributed by atoms with E-state index in [1.165, 1.54) is 12.8 Å². The molecule has 2 aliphatic carbocycles. The highest BCUT2D eigenvalue weighted by Crippen LogP contribution is 2.53. The quantitative estimate of drug-likeness (QED) is 0.721. The van der Waals surface area contributed by atoms with Crippen LogP contribution < -0.4 is 20.5 Å². The second-order valence-electron chi connectivity index (χ2n) is 6.24. The molecule has 0 aromatic heterocycles. The molecule has 0 heterocycles. The molecule has 0 bridgehead atoms. The third kappa shape index (κ3) is 3.19. The number of hydrogen-bond acceptors (Lipinski definition) is 4. The molecule has 2 saturated carbocycles. The molecule has 2 fully saturated rings. The molecule has 0 spiro atoms. The van der Waals surface area contributed by atoms with Crippen molar-refractivity contribution < 1.29 is 14.3 Å². The number of carbonyl (C=O) groups is 1. The Bertz CT molecular complexity index is 551. The summed E-state index contributed by atoms with van der Waals surface area (Å²) in [6.07, 6.45) is 5.42. The van der Waals surface area contributed by atoms with Crippen molar-refractivity contribution in [1.82, 2.24) is 5.32 Å². The first-order chi connectivity index (χ1) is 10.7. The topological polar surface area (TPSA) is 73.6 Å². The molecule has 2 aliphatic rings. The van der Waals surface area contributed by atoms with Crippen LogP contribution in [0, 0.1) is 5.92 Å². The van der Waals surface area contributed by atoms with Crippen molar-refractivity contribution in [2.24, 2.45) is 11.7 Å². The first-order valence-corrected chi connectivity index (χ1v) is 8.02. The Morgan fingerprint density at radius 2 is 2.18 bits per heavy atom. The molecule has 1 amide bonds. The van der Waals surface area contributed by atoms with Gasteiger partial charge in [-0.25, -0.2) is 0 Å². The molecule has 0 aliphatic heterocycles. The number of nitrogens with one attached hydrogen (secondary N) is 1. The minimum atomic E-state index is -0.0638. The SMILES string of the molecule is COc1ccc(OCCCN)c(C(=O)NC2(C3CC3)CC2)c1. The Balaban J connectivity index is 1.75. The van der Waals surface area contributed by atoms with Gasteiger partial charge in [0.05, 0.1) is 19.3 Å². The van der Waals surface area contributed by atoms with Crippen molar-refractivity contribution in [3.8, 4) is 11.5 Å². The predicted octanol–water partition coefficient (Wildman–Crippen LogP) is 2.10. The van der Waals surface area contributed by atoms with Crippen molar-refractivity contribution in [2.45, 2.75) is 37.6 Å². The van der Waals surface area contributed by atoms with E-state index in [1.54, 1.807) is 19.2 Å². The normalized spacial score (nSPS) is 18.6. The van der Waals surface area contributed by atoms with Crippen molar-refractivity contribution in [3.63, 3.8) is 0 Å². The molecular weight excluding hydrogens is 280 g/mol. The monoisotopic (exact) mass is 304 g/mol. The fourth-order valence-electron chi connectivity index (χ4n) is 2.90. The average Bonchev–Trinajstić information content (AvgIpc) is 3.41. The summed E-state index contributed by atoms with van der Waals surface area (Å²) >= 11 is 0. The maximum Gasteiger partial charge on any atom is 0.255 e. The van der Waals surface area contributed by atoms with Crippen LogP contribution in [0.5, 0.6) is 11.5 Å². The van der Waals surface area contributed by atoms with Gasteiger partial charge >= 0.3 is 0 Å². The predicted molar refractivity (Wildman–Crippen MR) is 84.3 cm³/mol. The van der Waals surface area contributed by atoms with Gasteiger partial charge in [0.25, 0.3) is 5.91 Å². The Morgan fingerprint density at radius 3 is 2.77 bits per heavy atom. The highest BCUT2D eigenvalue weighted by Gasteiger charge is 2.54. The zero-order chi connectivity index (χ0) is 15.6. The molecule has 1 aromatic rings. The van der Waals surface area contributed by atoms with Crippen molar-refractivity contribution in [2.75, 3.05) is 20.3 Å². The summed E-state index contributed by atoms with van der Waals surface area (Å²) in [5.74, 6) is 1.86. The number of benzene rings is 1. The van der Waals surface area contributed by atoms with Gasteiger partial charge in [0, 0.05) is 5.54 Å². The summed E-state index contributed by atoms with van der Waals surface area (Å²) in [7, 11) is 1.60. The van der Waals surface area contributed by atoms with Crippen LogP contribution in [0.3, 0.4) is 0 Å². The molecule has 3 N–H and O–H groups in total. The van der Waals surface area contributed by atoms with Crippen molar-refractivity contribution >= 4 is 5.91 Å². The van der Waals surface area contributed by atoms with Crippen LogP contribution in [0.15, 0.2) is 18.2 Å². The van der Waals surface area contributed by atoms with Gasteiger partial charge in [-0.1, -0.05) is 0 Å². The Morgan fingerprint density at radius 1 is 1.41 bits per heavy atom. The summed E-state index contributed by atoms with van der Waals surface area (Å²) in [6.45, 7) is 1.08. The highest BCUT2D eigenvalue weighted by molar-refractivity contribution is 5.98. The van der Waals surface area contributed by atoms with Crippen LogP contribution in [-0.4, -0.2) is 31.7 Å². The molecule has 1 aromatic carbocycles. The lowest BCUT2D eigenvalue weighted by molar-refractivity contribution is 0.0921. The molecule has 0 unspecified atom stereocenters. The lowest BCUT2D eigenvalue weighted by Crippen LogP contribution is -2.38. The first-order valence-electron chi connectivity index (χ1n) is 8.02. The number of nitrogens with two attached hydrogens (primary N) is 1. The summed E-state index contributed by atoms with van der Waals surface area (Å²) in [5, 5.41) is 3.23. The molecule has 22 heavy (non-hydrogen) atoms. The zero-order valence-corrected chi connectivity index (χ0v) is 13.1. The Kier molecular flexibility index (Phi) is 4.25. The molecule has 120 valence electrons. The van der Waals surface area contributed by atoms with Gasteiger partial charge in [-0.05, 0) is 62.8 Å². The summed E-state index contributed by atoms with van der Waals surface area (Å²) < 4.78 is 10.9. The van der Waals surface area contributed by atoms with E-state index in [-0.39, 0.29) is 11.4 Å². The molecule has 3 rings (SSSR count). The standard InChI is InChI=1S/C17H24N2O3/c1-21-13-5-6-15(22-10-2-9-18)14(11-13)16(20)19-17(7-8-17)12-3-4-12/h5-6,11-12H,2-4,7-10,18H2,1H3,(H,19,20). The van der Waals surface area contributed by atoms with Crippen molar-refractivity contribution in [3.05, 3.63) is 23.8 Å². The maximum absolute atomic E-state index is 12.7. The lowest BCUT2D eigenvalue weighted by atomic mass is 10.1. The van der Waals surface area contributed by atoms with Gasteiger partial charge < -0.3 is 20.5 Å². The second kappa shape index (κ2) is 6.16. The van der Waals surface area contributed by atoms with Crippen LogP contribution in [0.1, 0.15) is 42.5 Å². The fraction of sp³-hybridized carbons (Fsp3) is 0.588. The average molecular weight is 304 g/mol. The van der Waals surface area contributed by atoms with Gasteiger partial charge in [-0.2, -0.15) is 0 Å². The molecule has 5 heteroatoms. The smallest absolute Gasteiger partial charge is 0.255 e. The molecule has 0 saturated heterocycles. The zero-order valence-electron chi connectivity index (χ0n) is 13.1. The van der Waals surface area contributed by atoms with E-state index in [1.807, 2.05) is 6.07 Å². The van der Waals surface area contributed by atoms with E-state index in [4.69, 9.17) is 15.2 Å². The Labute approximate surface area is 131 Å². The largest absolute Gasteiger partial charge is 0.497 e.